The van der Waals surface area contributed by atoms with E-state index in [2.05, 4.69) is 37.6 Å². The molecule has 1 saturated heterocycles. The van der Waals surface area contributed by atoms with E-state index in [0.717, 1.165) is 30.5 Å². The molecule has 3 heterocycles. The number of pyridine rings is 1. The van der Waals surface area contributed by atoms with E-state index in [1.165, 1.54) is 25.9 Å². The lowest BCUT2D eigenvalue weighted by Crippen LogP contribution is -2.41. The number of aliphatic imine (C=N–C) groups is 1. The van der Waals surface area contributed by atoms with Crippen LogP contribution in [0.1, 0.15) is 25.6 Å². The Hall–Kier alpha value is -1.42. The summed E-state index contributed by atoms with van der Waals surface area (Å²) in [6, 6.07) is 5.89. The van der Waals surface area contributed by atoms with Crippen LogP contribution in [0, 0.1) is 5.92 Å². The van der Waals surface area contributed by atoms with Gasteiger partial charge in [-0.25, -0.2) is 0 Å². The van der Waals surface area contributed by atoms with Gasteiger partial charge in [0.2, 0.25) is 0 Å². The van der Waals surface area contributed by atoms with E-state index in [1.807, 2.05) is 28.8 Å². The van der Waals surface area contributed by atoms with Crippen LogP contribution < -0.4 is 10.6 Å². The molecule has 2 aromatic rings. The summed E-state index contributed by atoms with van der Waals surface area (Å²) in [7, 11) is 1.79. The first-order chi connectivity index (χ1) is 11.8. The minimum absolute atomic E-state index is 0. The van der Waals surface area contributed by atoms with E-state index < -0.39 is 0 Å². The van der Waals surface area contributed by atoms with Crippen molar-refractivity contribution < 1.29 is 0 Å². The van der Waals surface area contributed by atoms with E-state index in [1.54, 1.807) is 7.05 Å². The molecule has 1 fully saturated rings. The van der Waals surface area contributed by atoms with Crippen molar-refractivity contribution in [2.75, 3.05) is 33.2 Å². The van der Waals surface area contributed by atoms with Gasteiger partial charge in [-0.1, -0.05) is 13.0 Å². The highest BCUT2D eigenvalue weighted by atomic mass is 127. The number of hydrogen-bond acceptors (Lipinski definition) is 4. The summed E-state index contributed by atoms with van der Waals surface area (Å²) in [6.07, 6.45) is 4.66. The summed E-state index contributed by atoms with van der Waals surface area (Å²) >= 11 is 0. The van der Waals surface area contributed by atoms with Crippen molar-refractivity contribution in [2.24, 2.45) is 10.9 Å². The first-order valence-electron chi connectivity index (χ1n) is 8.72. The Labute approximate surface area is 166 Å². The topological polar surface area (TPSA) is 69.8 Å². The van der Waals surface area contributed by atoms with Crippen LogP contribution in [0.2, 0.25) is 0 Å². The van der Waals surface area contributed by atoms with Crippen LogP contribution >= 0.6 is 24.0 Å². The smallest absolute Gasteiger partial charge is 0.191 e. The van der Waals surface area contributed by atoms with Crippen molar-refractivity contribution in [1.29, 1.82) is 0 Å². The second-order valence-corrected chi connectivity index (χ2v) is 6.46. The SMILES string of the molecule is CN=C(NCc1nnc2ccccn12)NCC(C)CN1CCCC1.I. The van der Waals surface area contributed by atoms with Gasteiger partial charge in [0, 0.05) is 26.3 Å². The summed E-state index contributed by atoms with van der Waals surface area (Å²) in [6.45, 7) is 7.43. The number of aromatic nitrogens is 3. The van der Waals surface area contributed by atoms with E-state index in [-0.39, 0.29) is 24.0 Å². The molecule has 0 bridgehead atoms. The zero-order valence-corrected chi connectivity index (χ0v) is 17.3. The highest BCUT2D eigenvalue weighted by Crippen LogP contribution is 2.09. The van der Waals surface area contributed by atoms with Gasteiger partial charge in [0.1, 0.15) is 0 Å². The zero-order chi connectivity index (χ0) is 16.8. The zero-order valence-electron chi connectivity index (χ0n) is 15.0. The number of likely N-dealkylation sites (tertiary alicyclic amines) is 1. The molecular formula is C17H28IN7. The molecule has 1 atom stereocenters. The quantitative estimate of drug-likeness (QED) is 0.393. The molecule has 3 rings (SSSR count). The maximum absolute atomic E-state index is 4.29. The van der Waals surface area contributed by atoms with Gasteiger partial charge >= 0.3 is 0 Å². The standard InChI is InChI=1S/C17H27N7.HI/c1-14(13-23-8-5-6-9-23)11-19-17(18-2)20-12-16-22-21-15-7-3-4-10-24(15)16;/h3-4,7,10,14H,5-6,8-9,11-13H2,1-2H3,(H2,18,19,20);1H. The molecule has 0 aliphatic carbocycles. The highest BCUT2D eigenvalue weighted by molar-refractivity contribution is 14.0. The van der Waals surface area contributed by atoms with Crippen LogP contribution in [-0.2, 0) is 6.54 Å². The molecule has 0 saturated carbocycles. The second kappa shape index (κ2) is 9.91. The summed E-state index contributed by atoms with van der Waals surface area (Å²) < 4.78 is 1.98. The van der Waals surface area contributed by atoms with Crippen LogP contribution in [0.4, 0.5) is 0 Å². The second-order valence-electron chi connectivity index (χ2n) is 6.46. The van der Waals surface area contributed by atoms with Crippen molar-refractivity contribution in [3.05, 3.63) is 30.2 Å². The predicted molar refractivity (Wildman–Crippen MR) is 111 cm³/mol. The molecule has 0 spiro atoms. The van der Waals surface area contributed by atoms with Crippen LogP contribution in [0.15, 0.2) is 29.4 Å². The van der Waals surface area contributed by atoms with E-state index in [0.29, 0.717) is 12.5 Å². The Morgan fingerprint density at radius 1 is 1.24 bits per heavy atom. The summed E-state index contributed by atoms with van der Waals surface area (Å²) in [5.74, 6) is 2.27. The van der Waals surface area contributed by atoms with Crippen molar-refractivity contribution >= 4 is 35.6 Å². The lowest BCUT2D eigenvalue weighted by atomic mass is 10.1. The molecule has 0 amide bonds. The fourth-order valence-corrected chi connectivity index (χ4v) is 3.14. The molecule has 25 heavy (non-hydrogen) atoms. The van der Waals surface area contributed by atoms with Gasteiger partial charge in [-0.3, -0.25) is 9.39 Å². The third-order valence-corrected chi connectivity index (χ3v) is 4.41. The fraction of sp³-hybridized carbons (Fsp3) is 0.588. The molecule has 2 aromatic heterocycles. The van der Waals surface area contributed by atoms with Crippen molar-refractivity contribution in [3.63, 3.8) is 0 Å². The molecule has 1 unspecified atom stereocenters. The van der Waals surface area contributed by atoms with Crippen molar-refractivity contribution in [1.82, 2.24) is 30.1 Å². The molecule has 7 nitrogen and oxygen atoms in total. The van der Waals surface area contributed by atoms with E-state index in [9.17, 15) is 0 Å². The van der Waals surface area contributed by atoms with Gasteiger partial charge in [-0.05, 0) is 44.0 Å². The summed E-state index contributed by atoms with van der Waals surface area (Å²) in [5, 5.41) is 15.1. The third kappa shape index (κ3) is 5.53. The van der Waals surface area contributed by atoms with Gasteiger partial charge in [0.15, 0.2) is 17.4 Å². The number of nitrogens with zero attached hydrogens (tertiary/aromatic N) is 5. The normalized spacial score (nSPS) is 16.6. The van der Waals surface area contributed by atoms with E-state index in [4.69, 9.17) is 0 Å². The minimum Gasteiger partial charge on any atom is -0.356 e. The molecule has 0 radical (unpaired) electrons. The third-order valence-electron chi connectivity index (χ3n) is 4.41. The predicted octanol–water partition coefficient (Wildman–Crippen LogP) is 1.74. The molecule has 2 N–H and O–H groups in total. The molecular weight excluding hydrogens is 429 g/mol. The molecule has 1 aliphatic heterocycles. The monoisotopic (exact) mass is 457 g/mol. The lowest BCUT2D eigenvalue weighted by Gasteiger charge is -2.21. The molecule has 0 aromatic carbocycles. The van der Waals surface area contributed by atoms with Gasteiger partial charge in [0.05, 0.1) is 6.54 Å². The van der Waals surface area contributed by atoms with Crippen LogP contribution in [-0.4, -0.2) is 58.7 Å². The van der Waals surface area contributed by atoms with Crippen LogP contribution in [0.5, 0.6) is 0 Å². The average molecular weight is 457 g/mol. The maximum Gasteiger partial charge on any atom is 0.191 e. The molecule has 8 heteroatoms. The average Bonchev–Trinajstić information content (AvgIpc) is 3.25. The van der Waals surface area contributed by atoms with Crippen molar-refractivity contribution in [3.8, 4) is 0 Å². The summed E-state index contributed by atoms with van der Waals surface area (Å²) in [5.41, 5.74) is 0.858. The largest absolute Gasteiger partial charge is 0.356 e. The Balaban J connectivity index is 0.00000225. The Morgan fingerprint density at radius 3 is 2.80 bits per heavy atom. The number of hydrogen-bond donors (Lipinski definition) is 2. The number of fused-ring (bicyclic) bond motifs is 1. The van der Waals surface area contributed by atoms with Gasteiger partial charge in [-0.2, -0.15) is 0 Å². The fourth-order valence-electron chi connectivity index (χ4n) is 3.14. The van der Waals surface area contributed by atoms with Crippen LogP contribution in [0.25, 0.3) is 5.65 Å². The lowest BCUT2D eigenvalue weighted by molar-refractivity contribution is 0.287. The van der Waals surface area contributed by atoms with Gasteiger partial charge in [-0.15, -0.1) is 34.2 Å². The summed E-state index contributed by atoms with van der Waals surface area (Å²) in [4.78, 5) is 6.84. The number of rotatable bonds is 6. The Bertz CT molecular complexity index is 678. The van der Waals surface area contributed by atoms with E-state index >= 15 is 0 Å². The first kappa shape index (κ1) is 19.9. The van der Waals surface area contributed by atoms with Crippen LogP contribution in [0.3, 0.4) is 0 Å². The van der Waals surface area contributed by atoms with Gasteiger partial charge in [0.25, 0.3) is 0 Å². The number of halogens is 1. The highest BCUT2D eigenvalue weighted by Gasteiger charge is 2.14. The Morgan fingerprint density at radius 2 is 2.04 bits per heavy atom. The maximum atomic E-state index is 4.29. The molecule has 1 aliphatic rings. The number of nitrogens with one attached hydrogen (secondary N) is 2. The van der Waals surface area contributed by atoms with Crippen molar-refractivity contribution in [2.45, 2.75) is 26.3 Å². The minimum atomic E-state index is 0. The number of guanidine groups is 1. The first-order valence-corrected chi connectivity index (χ1v) is 8.72. The Kier molecular flexibility index (Phi) is 7.89. The molecule has 138 valence electrons. The van der Waals surface area contributed by atoms with Gasteiger partial charge < -0.3 is 15.5 Å².